The van der Waals surface area contributed by atoms with Gasteiger partial charge in [0, 0.05) is 25.6 Å². The van der Waals surface area contributed by atoms with E-state index < -0.39 is 0 Å². The molecule has 1 unspecified atom stereocenters. The van der Waals surface area contributed by atoms with E-state index in [9.17, 15) is 4.79 Å². The number of hydrogen-bond donors (Lipinski definition) is 2. The molecule has 88 valence electrons. The van der Waals surface area contributed by atoms with E-state index in [1.54, 1.807) is 0 Å². The molecule has 0 saturated carbocycles. The zero-order chi connectivity index (χ0) is 11.4. The van der Waals surface area contributed by atoms with Gasteiger partial charge in [-0.15, -0.1) is 0 Å². The highest BCUT2D eigenvalue weighted by Gasteiger charge is 2.15. The topological polar surface area (TPSA) is 81.0 Å². The monoisotopic (exact) mass is 223 g/mol. The van der Waals surface area contributed by atoms with Gasteiger partial charge in [-0.25, -0.2) is 4.98 Å². The standard InChI is InChI=1S/C11H17N3O2/c12-7-8-5-11(15)14-10(13-8)6-9-3-1-2-4-16-9/h5,9H,1-4,6-7,12H2,(H,13,14,15). The van der Waals surface area contributed by atoms with Crippen LogP contribution in [0.3, 0.4) is 0 Å². The van der Waals surface area contributed by atoms with Gasteiger partial charge in [0.2, 0.25) is 0 Å². The maximum atomic E-state index is 11.3. The lowest BCUT2D eigenvalue weighted by molar-refractivity contribution is 0.0156. The molecule has 3 N–H and O–H groups in total. The van der Waals surface area contributed by atoms with Gasteiger partial charge in [0.15, 0.2) is 0 Å². The van der Waals surface area contributed by atoms with Crippen LogP contribution in [-0.2, 0) is 17.7 Å². The van der Waals surface area contributed by atoms with Crippen LogP contribution in [0.4, 0.5) is 0 Å². The van der Waals surface area contributed by atoms with E-state index in [4.69, 9.17) is 10.5 Å². The summed E-state index contributed by atoms with van der Waals surface area (Å²) in [7, 11) is 0. The van der Waals surface area contributed by atoms with E-state index in [1.165, 1.54) is 12.5 Å². The summed E-state index contributed by atoms with van der Waals surface area (Å²) in [6, 6.07) is 1.44. The third kappa shape index (κ3) is 2.90. The van der Waals surface area contributed by atoms with Crippen LogP contribution in [0.15, 0.2) is 10.9 Å². The van der Waals surface area contributed by atoms with Crippen molar-refractivity contribution in [1.82, 2.24) is 9.97 Å². The Morgan fingerprint density at radius 2 is 2.44 bits per heavy atom. The molecule has 0 amide bonds. The number of nitrogens with zero attached hydrogens (tertiary/aromatic N) is 1. The van der Waals surface area contributed by atoms with Gasteiger partial charge < -0.3 is 15.5 Å². The molecule has 1 aromatic rings. The van der Waals surface area contributed by atoms with Crippen molar-refractivity contribution in [3.05, 3.63) is 27.9 Å². The molecule has 1 saturated heterocycles. The van der Waals surface area contributed by atoms with E-state index in [1.807, 2.05) is 0 Å². The van der Waals surface area contributed by atoms with Crippen molar-refractivity contribution < 1.29 is 4.74 Å². The molecule has 0 spiro atoms. The summed E-state index contributed by atoms with van der Waals surface area (Å²) in [6.07, 6.45) is 4.21. The first kappa shape index (κ1) is 11.3. The third-order valence-electron chi connectivity index (χ3n) is 2.75. The first-order valence-corrected chi connectivity index (χ1v) is 5.68. The summed E-state index contributed by atoms with van der Waals surface area (Å²) in [6.45, 7) is 1.11. The molecular formula is C11H17N3O2. The minimum atomic E-state index is -0.138. The summed E-state index contributed by atoms with van der Waals surface area (Å²) < 4.78 is 5.60. The molecule has 1 aromatic heterocycles. The molecule has 16 heavy (non-hydrogen) atoms. The second-order valence-electron chi connectivity index (χ2n) is 4.08. The molecule has 1 atom stereocenters. The van der Waals surface area contributed by atoms with Crippen LogP contribution in [-0.4, -0.2) is 22.7 Å². The number of hydrogen-bond acceptors (Lipinski definition) is 4. The largest absolute Gasteiger partial charge is 0.378 e. The number of H-pyrrole nitrogens is 1. The minimum absolute atomic E-state index is 0.138. The highest BCUT2D eigenvalue weighted by atomic mass is 16.5. The lowest BCUT2D eigenvalue weighted by atomic mass is 10.1. The molecule has 5 heteroatoms. The Morgan fingerprint density at radius 1 is 1.56 bits per heavy atom. The van der Waals surface area contributed by atoms with E-state index in [-0.39, 0.29) is 11.7 Å². The molecule has 0 bridgehead atoms. The van der Waals surface area contributed by atoms with Gasteiger partial charge in [0.25, 0.3) is 5.56 Å². The average Bonchev–Trinajstić information content (AvgIpc) is 2.29. The van der Waals surface area contributed by atoms with E-state index in [2.05, 4.69) is 9.97 Å². The quantitative estimate of drug-likeness (QED) is 0.774. The Bertz CT molecular complexity index is 396. The number of aromatic amines is 1. The van der Waals surface area contributed by atoms with Crippen molar-refractivity contribution in [3.63, 3.8) is 0 Å². The molecule has 0 aliphatic carbocycles. The van der Waals surface area contributed by atoms with E-state index >= 15 is 0 Å². The van der Waals surface area contributed by atoms with E-state index in [0.717, 1.165) is 19.4 Å². The fourth-order valence-electron chi connectivity index (χ4n) is 1.95. The maximum Gasteiger partial charge on any atom is 0.251 e. The predicted molar refractivity (Wildman–Crippen MR) is 60.0 cm³/mol. The molecule has 1 aliphatic rings. The number of nitrogens with two attached hydrogens (primary N) is 1. The van der Waals surface area contributed by atoms with Gasteiger partial charge in [-0.05, 0) is 19.3 Å². The normalized spacial score (nSPS) is 20.9. The van der Waals surface area contributed by atoms with Crippen LogP contribution in [0.2, 0.25) is 0 Å². The Kier molecular flexibility index (Phi) is 3.69. The van der Waals surface area contributed by atoms with Crippen LogP contribution < -0.4 is 11.3 Å². The number of nitrogens with one attached hydrogen (secondary N) is 1. The highest BCUT2D eigenvalue weighted by molar-refractivity contribution is 5.03. The van der Waals surface area contributed by atoms with Crippen LogP contribution in [0.25, 0.3) is 0 Å². The average molecular weight is 223 g/mol. The van der Waals surface area contributed by atoms with Gasteiger partial charge in [-0.2, -0.15) is 0 Å². The fourth-order valence-corrected chi connectivity index (χ4v) is 1.95. The number of ether oxygens (including phenoxy) is 1. The smallest absolute Gasteiger partial charge is 0.251 e. The van der Waals surface area contributed by atoms with Crippen molar-refractivity contribution in [2.24, 2.45) is 5.73 Å². The molecule has 5 nitrogen and oxygen atoms in total. The lowest BCUT2D eigenvalue weighted by Gasteiger charge is -2.21. The Labute approximate surface area is 94.0 Å². The SMILES string of the molecule is NCc1cc(=O)[nH]c(CC2CCCCO2)n1. The predicted octanol–water partition coefficient (Wildman–Crippen LogP) is 0.340. The first-order chi connectivity index (χ1) is 7.78. The van der Waals surface area contributed by atoms with Gasteiger partial charge >= 0.3 is 0 Å². The highest BCUT2D eigenvalue weighted by Crippen LogP contribution is 2.15. The van der Waals surface area contributed by atoms with Crippen LogP contribution >= 0.6 is 0 Å². The molecule has 2 rings (SSSR count). The first-order valence-electron chi connectivity index (χ1n) is 5.68. The second-order valence-corrected chi connectivity index (χ2v) is 4.08. The van der Waals surface area contributed by atoms with E-state index in [0.29, 0.717) is 24.5 Å². The summed E-state index contributed by atoms with van der Waals surface area (Å²) in [5.74, 6) is 0.680. The van der Waals surface area contributed by atoms with Gasteiger partial charge in [0.05, 0.1) is 11.8 Å². The molecular weight excluding hydrogens is 206 g/mol. The molecule has 0 aromatic carbocycles. The maximum absolute atomic E-state index is 11.3. The minimum Gasteiger partial charge on any atom is -0.378 e. The lowest BCUT2D eigenvalue weighted by Crippen LogP contribution is -2.24. The zero-order valence-electron chi connectivity index (χ0n) is 9.24. The van der Waals surface area contributed by atoms with Crippen LogP contribution in [0.5, 0.6) is 0 Å². The van der Waals surface area contributed by atoms with Gasteiger partial charge in [0.1, 0.15) is 5.82 Å². The van der Waals surface area contributed by atoms with Crippen molar-refractivity contribution in [2.75, 3.05) is 6.61 Å². The van der Waals surface area contributed by atoms with Crippen molar-refractivity contribution in [3.8, 4) is 0 Å². The third-order valence-corrected chi connectivity index (χ3v) is 2.75. The molecule has 2 heterocycles. The summed E-state index contributed by atoms with van der Waals surface area (Å²) >= 11 is 0. The Morgan fingerprint density at radius 3 is 3.12 bits per heavy atom. The number of rotatable bonds is 3. The van der Waals surface area contributed by atoms with Crippen molar-refractivity contribution >= 4 is 0 Å². The second kappa shape index (κ2) is 5.23. The van der Waals surface area contributed by atoms with Crippen LogP contribution in [0, 0.1) is 0 Å². The zero-order valence-corrected chi connectivity index (χ0v) is 9.24. The van der Waals surface area contributed by atoms with Gasteiger partial charge in [-0.3, -0.25) is 4.79 Å². The molecule has 1 fully saturated rings. The Hall–Kier alpha value is -1.20. The summed E-state index contributed by atoms with van der Waals surface area (Å²) in [4.78, 5) is 18.3. The van der Waals surface area contributed by atoms with Crippen molar-refractivity contribution in [2.45, 2.75) is 38.3 Å². The summed E-state index contributed by atoms with van der Waals surface area (Å²) in [5, 5.41) is 0. The van der Waals surface area contributed by atoms with Crippen LogP contribution in [0.1, 0.15) is 30.8 Å². The summed E-state index contributed by atoms with van der Waals surface area (Å²) in [5.41, 5.74) is 5.97. The Balaban J connectivity index is 2.07. The van der Waals surface area contributed by atoms with Crippen molar-refractivity contribution in [1.29, 1.82) is 0 Å². The number of aromatic nitrogens is 2. The molecule has 0 radical (unpaired) electrons. The van der Waals surface area contributed by atoms with Gasteiger partial charge in [-0.1, -0.05) is 0 Å². The molecule has 1 aliphatic heterocycles. The fraction of sp³-hybridized carbons (Fsp3) is 0.636.